The van der Waals surface area contributed by atoms with Gasteiger partial charge < -0.3 is 4.74 Å². The zero-order valence-corrected chi connectivity index (χ0v) is 6.70. The molecule has 0 aromatic heterocycles. The Morgan fingerprint density at radius 2 is 2.15 bits per heavy atom. The molecule has 4 heteroatoms. The van der Waals surface area contributed by atoms with E-state index in [1.165, 1.54) is 12.1 Å². The average Bonchev–Trinajstić information content (AvgIpc) is 2.17. The van der Waals surface area contributed by atoms with E-state index in [0.29, 0.717) is 11.8 Å². The standard InChI is InChI=1S/C9H7FO3/c10-9-2-1-7(4-11)3-8(9)5-13-6-12/h1-4,6H,5H2. The predicted molar refractivity (Wildman–Crippen MR) is 42.6 cm³/mol. The van der Waals surface area contributed by atoms with Gasteiger partial charge in [0, 0.05) is 11.1 Å². The van der Waals surface area contributed by atoms with E-state index in [1.807, 2.05) is 0 Å². The Morgan fingerprint density at radius 3 is 2.77 bits per heavy atom. The van der Waals surface area contributed by atoms with Crippen LogP contribution in [0.15, 0.2) is 18.2 Å². The summed E-state index contributed by atoms with van der Waals surface area (Å²) in [5.41, 5.74) is 0.544. The minimum absolute atomic E-state index is 0.156. The molecule has 0 atom stereocenters. The second-order valence-corrected chi connectivity index (χ2v) is 2.38. The highest BCUT2D eigenvalue weighted by molar-refractivity contribution is 5.74. The number of benzene rings is 1. The number of aldehydes is 1. The number of hydrogen-bond acceptors (Lipinski definition) is 3. The molecule has 1 aromatic rings. The molecule has 0 N–H and O–H groups in total. The van der Waals surface area contributed by atoms with Gasteiger partial charge in [0.05, 0.1) is 0 Å². The van der Waals surface area contributed by atoms with Crippen molar-refractivity contribution in [2.45, 2.75) is 6.61 Å². The van der Waals surface area contributed by atoms with E-state index in [0.717, 1.165) is 6.07 Å². The first kappa shape index (κ1) is 9.38. The van der Waals surface area contributed by atoms with E-state index >= 15 is 0 Å². The van der Waals surface area contributed by atoms with Crippen LogP contribution in [0.1, 0.15) is 15.9 Å². The van der Waals surface area contributed by atoms with Gasteiger partial charge in [-0.2, -0.15) is 0 Å². The predicted octanol–water partition coefficient (Wildman–Crippen LogP) is 1.31. The minimum Gasteiger partial charge on any atom is -0.463 e. The third-order valence-electron chi connectivity index (χ3n) is 1.51. The lowest BCUT2D eigenvalue weighted by molar-refractivity contribution is -0.129. The number of halogens is 1. The van der Waals surface area contributed by atoms with Crippen LogP contribution in [0.2, 0.25) is 0 Å². The van der Waals surface area contributed by atoms with Gasteiger partial charge in [-0.25, -0.2) is 4.39 Å². The van der Waals surface area contributed by atoms with Crippen LogP contribution >= 0.6 is 0 Å². The minimum atomic E-state index is -0.493. The summed E-state index contributed by atoms with van der Waals surface area (Å²) < 4.78 is 17.3. The molecule has 0 fully saturated rings. The molecule has 13 heavy (non-hydrogen) atoms. The van der Waals surface area contributed by atoms with E-state index in [9.17, 15) is 14.0 Å². The van der Waals surface area contributed by atoms with Gasteiger partial charge >= 0.3 is 0 Å². The summed E-state index contributed by atoms with van der Waals surface area (Å²) in [6, 6.07) is 3.85. The highest BCUT2D eigenvalue weighted by atomic mass is 19.1. The van der Waals surface area contributed by atoms with E-state index in [1.54, 1.807) is 0 Å². The average molecular weight is 182 g/mol. The SMILES string of the molecule is O=COCc1cc(C=O)ccc1F. The molecule has 1 rings (SSSR count). The third-order valence-corrected chi connectivity index (χ3v) is 1.51. The monoisotopic (exact) mass is 182 g/mol. The number of carbonyl (C=O) groups is 2. The van der Waals surface area contributed by atoms with Gasteiger partial charge in [-0.15, -0.1) is 0 Å². The highest BCUT2D eigenvalue weighted by Gasteiger charge is 2.02. The molecular weight excluding hydrogens is 175 g/mol. The molecule has 0 aliphatic heterocycles. The number of hydrogen-bond donors (Lipinski definition) is 0. The van der Waals surface area contributed by atoms with E-state index in [4.69, 9.17) is 0 Å². The van der Waals surface area contributed by atoms with Crippen LogP contribution in [0, 0.1) is 5.82 Å². The molecule has 0 bridgehead atoms. The summed E-state index contributed by atoms with van der Waals surface area (Å²) in [5, 5.41) is 0. The molecule has 0 saturated heterocycles. The third kappa shape index (κ3) is 2.37. The van der Waals surface area contributed by atoms with Crippen LogP contribution in [0.3, 0.4) is 0 Å². The van der Waals surface area contributed by atoms with Crippen LogP contribution in [0.4, 0.5) is 4.39 Å². The van der Waals surface area contributed by atoms with Gasteiger partial charge in [0.25, 0.3) is 6.47 Å². The van der Waals surface area contributed by atoms with Crippen molar-refractivity contribution in [3.63, 3.8) is 0 Å². The maximum absolute atomic E-state index is 12.9. The fourth-order valence-electron chi connectivity index (χ4n) is 0.902. The molecule has 0 heterocycles. The second-order valence-electron chi connectivity index (χ2n) is 2.38. The van der Waals surface area contributed by atoms with Gasteiger partial charge in [0.2, 0.25) is 0 Å². The lowest BCUT2D eigenvalue weighted by atomic mass is 10.1. The van der Waals surface area contributed by atoms with Crippen molar-refractivity contribution in [1.29, 1.82) is 0 Å². The fourth-order valence-corrected chi connectivity index (χ4v) is 0.902. The molecule has 1 aromatic carbocycles. The van der Waals surface area contributed by atoms with Gasteiger partial charge in [-0.05, 0) is 18.2 Å². The maximum atomic E-state index is 12.9. The maximum Gasteiger partial charge on any atom is 0.293 e. The summed E-state index contributed by atoms with van der Waals surface area (Å²) in [6.07, 6.45) is 0.601. The lowest BCUT2D eigenvalue weighted by Gasteiger charge is -2.01. The van der Waals surface area contributed by atoms with Gasteiger partial charge in [0.1, 0.15) is 18.7 Å². The number of rotatable bonds is 4. The summed E-state index contributed by atoms with van der Waals surface area (Å²) in [5.74, 6) is -0.493. The molecule has 3 nitrogen and oxygen atoms in total. The smallest absolute Gasteiger partial charge is 0.293 e. The summed E-state index contributed by atoms with van der Waals surface area (Å²) in [7, 11) is 0. The van der Waals surface area contributed by atoms with Crippen molar-refractivity contribution in [3.05, 3.63) is 35.1 Å². The first-order valence-electron chi connectivity index (χ1n) is 3.57. The van der Waals surface area contributed by atoms with Crippen molar-refractivity contribution in [2.75, 3.05) is 0 Å². The van der Waals surface area contributed by atoms with E-state index in [-0.39, 0.29) is 18.6 Å². The first-order chi connectivity index (χ1) is 6.27. The Balaban J connectivity index is 2.89. The zero-order valence-electron chi connectivity index (χ0n) is 6.70. The van der Waals surface area contributed by atoms with Crippen LogP contribution in [-0.4, -0.2) is 12.8 Å². The van der Waals surface area contributed by atoms with Crippen LogP contribution in [-0.2, 0) is 16.1 Å². The first-order valence-corrected chi connectivity index (χ1v) is 3.57. The van der Waals surface area contributed by atoms with Crippen molar-refractivity contribution in [3.8, 4) is 0 Å². The van der Waals surface area contributed by atoms with Gasteiger partial charge in [-0.3, -0.25) is 9.59 Å². The van der Waals surface area contributed by atoms with E-state index < -0.39 is 5.82 Å². The Morgan fingerprint density at radius 1 is 1.38 bits per heavy atom. The zero-order chi connectivity index (χ0) is 9.68. The van der Waals surface area contributed by atoms with Crippen LogP contribution < -0.4 is 0 Å². The molecule has 0 amide bonds. The number of carbonyl (C=O) groups excluding carboxylic acids is 2. The molecule has 0 radical (unpaired) electrons. The second kappa shape index (κ2) is 4.35. The fraction of sp³-hybridized carbons (Fsp3) is 0.111. The Hall–Kier alpha value is -1.71. The van der Waals surface area contributed by atoms with Crippen molar-refractivity contribution in [1.82, 2.24) is 0 Å². The lowest BCUT2D eigenvalue weighted by Crippen LogP contribution is -1.95. The highest BCUT2D eigenvalue weighted by Crippen LogP contribution is 2.10. The molecule has 0 aliphatic carbocycles. The quantitative estimate of drug-likeness (QED) is 0.659. The molecule has 0 unspecified atom stereocenters. The number of ether oxygens (including phenoxy) is 1. The van der Waals surface area contributed by atoms with Crippen molar-refractivity contribution < 1.29 is 18.7 Å². The van der Waals surface area contributed by atoms with Crippen LogP contribution in [0.25, 0.3) is 0 Å². The van der Waals surface area contributed by atoms with Crippen molar-refractivity contribution >= 4 is 12.8 Å². The van der Waals surface area contributed by atoms with Gasteiger partial charge in [-0.1, -0.05) is 0 Å². The molecule has 0 spiro atoms. The Kier molecular flexibility index (Phi) is 3.14. The van der Waals surface area contributed by atoms with Crippen LogP contribution in [0.5, 0.6) is 0 Å². The molecular formula is C9H7FO3. The molecule has 0 saturated carbocycles. The van der Waals surface area contributed by atoms with Crippen molar-refractivity contribution in [2.24, 2.45) is 0 Å². The summed E-state index contributed by atoms with van der Waals surface area (Å²) >= 11 is 0. The Bertz CT molecular complexity index is 323. The summed E-state index contributed by atoms with van der Waals surface area (Å²) in [4.78, 5) is 20.1. The summed E-state index contributed by atoms with van der Waals surface area (Å²) in [6.45, 7) is 0.0734. The molecule has 68 valence electrons. The molecule has 0 aliphatic rings. The normalized spacial score (nSPS) is 9.31. The largest absolute Gasteiger partial charge is 0.463 e. The van der Waals surface area contributed by atoms with Gasteiger partial charge in [0.15, 0.2) is 0 Å². The Labute approximate surface area is 74.1 Å². The van der Waals surface area contributed by atoms with E-state index in [2.05, 4.69) is 4.74 Å². The topological polar surface area (TPSA) is 43.4 Å².